The zero-order valence-electron chi connectivity index (χ0n) is 11.3. The molecule has 0 aliphatic heterocycles. The molecule has 3 aromatic rings. The molecule has 3 rings (SSSR count). The van der Waals surface area contributed by atoms with E-state index >= 15 is 0 Å². The van der Waals surface area contributed by atoms with Gasteiger partial charge in [-0.3, -0.25) is 4.98 Å². The minimum atomic E-state index is 0.666. The first-order valence-electron chi connectivity index (χ1n) is 6.87. The third-order valence-corrected chi connectivity index (χ3v) is 3.38. The van der Waals surface area contributed by atoms with Crippen molar-refractivity contribution in [3.63, 3.8) is 0 Å². The summed E-state index contributed by atoms with van der Waals surface area (Å²) in [5.74, 6) is 0. The molecule has 2 nitrogen and oxygen atoms in total. The van der Waals surface area contributed by atoms with E-state index in [4.69, 9.17) is 4.74 Å². The van der Waals surface area contributed by atoms with Crippen molar-refractivity contribution in [2.45, 2.75) is 13.0 Å². The fraction of sp³-hybridized carbons (Fsp3) is 0.167. The maximum absolute atomic E-state index is 5.74. The molecule has 0 spiro atoms. The molecule has 0 bridgehead atoms. The predicted molar refractivity (Wildman–Crippen MR) is 81.5 cm³/mol. The number of pyridine rings is 1. The van der Waals surface area contributed by atoms with Crippen LogP contribution in [0.2, 0.25) is 0 Å². The molecule has 20 heavy (non-hydrogen) atoms. The number of aromatic nitrogens is 1. The smallest absolute Gasteiger partial charge is 0.0717 e. The predicted octanol–water partition coefficient (Wildman–Crippen LogP) is 3.99. The van der Waals surface area contributed by atoms with Crippen molar-refractivity contribution in [3.8, 4) is 0 Å². The van der Waals surface area contributed by atoms with Crippen LogP contribution >= 0.6 is 0 Å². The lowest BCUT2D eigenvalue weighted by Crippen LogP contribution is -2.00. The molecular weight excluding hydrogens is 246 g/mol. The van der Waals surface area contributed by atoms with Crippen molar-refractivity contribution in [2.75, 3.05) is 6.61 Å². The summed E-state index contributed by atoms with van der Waals surface area (Å²) in [6, 6.07) is 18.6. The molecule has 1 heterocycles. The van der Waals surface area contributed by atoms with E-state index < -0.39 is 0 Å². The molecule has 0 radical (unpaired) electrons. The van der Waals surface area contributed by atoms with Crippen LogP contribution in [0.4, 0.5) is 0 Å². The average molecular weight is 263 g/mol. The highest BCUT2D eigenvalue weighted by Crippen LogP contribution is 2.17. The molecule has 0 saturated carbocycles. The van der Waals surface area contributed by atoms with E-state index in [1.165, 1.54) is 21.9 Å². The van der Waals surface area contributed by atoms with Crippen LogP contribution in [-0.2, 0) is 17.8 Å². The molecule has 0 amide bonds. The van der Waals surface area contributed by atoms with E-state index in [0.29, 0.717) is 13.2 Å². The zero-order chi connectivity index (χ0) is 13.6. The van der Waals surface area contributed by atoms with E-state index in [2.05, 4.69) is 35.3 Å². The highest BCUT2D eigenvalue weighted by atomic mass is 16.5. The molecule has 0 fully saturated rings. The van der Waals surface area contributed by atoms with Gasteiger partial charge in [-0.1, -0.05) is 54.6 Å². The van der Waals surface area contributed by atoms with E-state index in [9.17, 15) is 0 Å². The fourth-order valence-electron chi connectivity index (χ4n) is 2.32. The second-order valence-electron chi connectivity index (χ2n) is 4.81. The molecule has 2 aromatic carbocycles. The number of hydrogen-bond donors (Lipinski definition) is 0. The van der Waals surface area contributed by atoms with E-state index in [1.54, 1.807) is 0 Å². The fourth-order valence-corrected chi connectivity index (χ4v) is 2.32. The summed E-state index contributed by atoms with van der Waals surface area (Å²) < 4.78 is 5.74. The Hall–Kier alpha value is -2.19. The SMILES string of the molecule is c1ccc(COCCc2cncc3ccccc23)cc1. The highest BCUT2D eigenvalue weighted by molar-refractivity contribution is 5.84. The Morgan fingerprint density at radius 3 is 2.55 bits per heavy atom. The Morgan fingerprint density at radius 1 is 0.850 bits per heavy atom. The summed E-state index contributed by atoms with van der Waals surface area (Å²) in [6.45, 7) is 1.38. The Kier molecular flexibility index (Phi) is 4.04. The van der Waals surface area contributed by atoms with Gasteiger partial charge in [0.25, 0.3) is 0 Å². The van der Waals surface area contributed by atoms with Crippen molar-refractivity contribution >= 4 is 10.8 Å². The normalized spacial score (nSPS) is 10.8. The largest absolute Gasteiger partial charge is 0.376 e. The number of rotatable bonds is 5. The number of fused-ring (bicyclic) bond motifs is 1. The molecule has 2 heteroatoms. The first kappa shape index (κ1) is 12.8. The molecule has 100 valence electrons. The Balaban J connectivity index is 1.60. The highest BCUT2D eigenvalue weighted by Gasteiger charge is 2.01. The van der Waals surface area contributed by atoms with Gasteiger partial charge in [-0.05, 0) is 22.9 Å². The first-order valence-corrected chi connectivity index (χ1v) is 6.87. The third kappa shape index (κ3) is 3.03. The Bertz CT molecular complexity index is 674. The molecule has 1 aromatic heterocycles. The molecule has 0 aliphatic carbocycles. The monoisotopic (exact) mass is 263 g/mol. The molecule has 0 saturated heterocycles. The summed E-state index contributed by atoms with van der Waals surface area (Å²) in [7, 11) is 0. The van der Waals surface area contributed by atoms with Crippen LogP contribution in [-0.4, -0.2) is 11.6 Å². The summed E-state index contributed by atoms with van der Waals surface area (Å²) in [4.78, 5) is 4.29. The Labute approximate surface area is 119 Å². The lowest BCUT2D eigenvalue weighted by molar-refractivity contribution is 0.124. The quantitative estimate of drug-likeness (QED) is 0.649. The molecule has 0 unspecified atom stereocenters. The minimum absolute atomic E-state index is 0.666. The van der Waals surface area contributed by atoms with Gasteiger partial charge in [0, 0.05) is 17.8 Å². The third-order valence-electron chi connectivity index (χ3n) is 3.38. The summed E-state index contributed by atoms with van der Waals surface area (Å²) in [6.07, 6.45) is 4.74. The maximum Gasteiger partial charge on any atom is 0.0717 e. The molecule has 0 aliphatic rings. The average Bonchev–Trinajstić information content (AvgIpc) is 2.53. The van der Waals surface area contributed by atoms with Gasteiger partial charge in [-0.15, -0.1) is 0 Å². The van der Waals surface area contributed by atoms with Crippen LogP contribution in [0.25, 0.3) is 10.8 Å². The van der Waals surface area contributed by atoms with Crippen molar-refractivity contribution in [2.24, 2.45) is 0 Å². The first-order chi connectivity index (χ1) is 9.93. The van der Waals surface area contributed by atoms with Gasteiger partial charge < -0.3 is 4.74 Å². The van der Waals surface area contributed by atoms with Crippen molar-refractivity contribution in [1.82, 2.24) is 4.98 Å². The van der Waals surface area contributed by atoms with Crippen LogP contribution < -0.4 is 0 Å². The number of benzene rings is 2. The van der Waals surface area contributed by atoms with Gasteiger partial charge in [0.15, 0.2) is 0 Å². The second-order valence-corrected chi connectivity index (χ2v) is 4.81. The van der Waals surface area contributed by atoms with Crippen molar-refractivity contribution in [1.29, 1.82) is 0 Å². The van der Waals surface area contributed by atoms with Crippen LogP contribution in [0.5, 0.6) is 0 Å². The summed E-state index contributed by atoms with van der Waals surface area (Å²) >= 11 is 0. The van der Waals surface area contributed by atoms with Crippen molar-refractivity contribution < 1.29 is 4.74 Å². The summed E-state index contributed by atoms with van der Waals surface area (Å²) in [5.41, 5.74) is 2.46. The molecular formula is C18H17NO. The van der Waals surface area contributed by atoms with E-state index in [0.717, 1.165) is 6.42 Å². The van der Waals surface area contributed by atoms with Crippen LogP contribution in [0.15, 0.2) is 67.0 Å². The second kappa shape index (κ2) is 6.31. The van der Waals surface area contributed by atoms with Gasteiger partial charge in [0.05, 0.1) is 13.2 Å². The minimum Gasteiger partial charge on any atom is -0.376 e. The van der Waals surface area contributed by atoms with E-state index in [1.807, 2.05) is 36.7 Å². The van der Waals surface area contributed by atoms with Gasteiger partial charge >= 0.3 is 0 Å². The van der Waals surface area contributed by atoms with Crippen LogP contribution in [0.3, 0.4) is 0 Å². The van der Waals surface area contributed by atoms with Gasteiger partial charge in [-0.2, -0.15) is 0 Å². The lowest BCUT2D eigenvalue weighted by atomic mass is 10.1. The summed E-state index contributed by atoms with van der Waals surface area (Å²) in [5, 5.41) is 2.46. The van der Waals surface area contributed by atoms with Crippen LogP contribution in [0.1, 0.15) is 11.1 Å². The van der Waals surface area contributed by atoms with Gasteiger partial charge in [0.1, 0.15) is 0 Å². The van der Waals surface area contributed by atoms with Crippen LogP contribution in [0, 0.1) is 0 Å². The molecule has 0 N–H and O–H groups in total. The maximum atomic E-state index is 5.74. The molecule has 0 atom stereocenters. The van der Waals surface area contributed by atoms with E-state index in [-0.39, 0.29) is 0 Å². The lowest BCUT2D eigenvalue weighted by Gasteiger charge is -2.07. The number of ether oxygens (including phenoxy) is 1. The number of nitrogens with zero attached hydrogens (tertiary/aromatic N) is 1. The zero-order valence-corrected chi connectivity index (χ0v) is 11.3. The standard InChI is InChI=1S/C18H17NO/c1-2-6-15(7-3-1)14-20-11-10-17-13-19-12-16-8-4-5-9-18(16)17/h1-9,12-13H,10-11,14H2. The van der Waals surface area contributed by atoms with Gasteiger partial charge in [0.2, 0.25) is 0 Å². The van der Waals surface area contributed by atoms with Crippen molar-refractivity contribution in [3.05, 3.63) is 78.1 Å². The van der Waals surface area contributed by atoms with Gasteiger partial charge in [-0.25, -0.2) is 0 Å². The number of hydrogen-bond acceptors (Lipinski definition) is 2. The Morgan fingerprint density at radius 2 is 1.65 bits per heavy atom. The topological polar surface area (TPSA) is 22.1 Å².